The summed E-state index contributed by atoms with van der Waals surface area (Å²) in [5.74, 6) is -4.80. The second-order valence-corrected chi connectivity index (χ2v) is 13.8. The molecule has 0 spiro atoms. The average Bonchev–Trinajstić information content (AvgIpc) is 3.41. The molecule has 4 aromatic rings. The molecule has 0 aliphatic carbocycles. The Bertz CT molecular complexity index is 2010. The standard InChI is InChI=1S/C33H35N3O15P2.2Na/c1-34(2)30(37)26-28(50-32(39)22-10-6-8-20(16-22)18-48-52(41,42)43)29(51-33(40)23-11-7-9-21(17-23)19-49-53(44,45)46)27(31(38)35(3)4)36(26)24-12-14-25(47-5)15-13-24;;/h6-17H,18-19H2,1-5H3,(H2,41,42,43)(H2,44,45,46);;/q;2*+1/p-2. The Hall–Kier alpha value is -3.16. The number of carbonyl (C=O) groups is 4. The van der Waals surface area contributed by atoms with Gasteiger partial charge in [-0.05, 0) is 59.7 Å². The number of methoxy groups -OCH3 is 1. The maximum atomic E-state index is 14.0. The molecule has 282 valence electrons. The van der Waals surface area contributed by atoms with Crippen LogP contribution in [0.25, 0.3) is 5.69 Å². The molecular formula is C33H33N3Na2O15P2. The minimum atomic E-state index is -5.12. The van der Waals surface area contributed by atoms with E-state index in [0.717, 1.165) is 14.4 Å². The second kappa shape index (κ2) is 20.3. The molecule has 4 rings (SSSR count). The van der Waals surface area contributed by atoms with Crippen LogP contribution < -0.4 is 83.1 Å². The molecule has 2 atom stereocenters. The van der Waals surface area contributed by atoms with Crippen molar-refractivity contribution < 1.29 is 130 Å². The first-order chi connectivity index (χ1) is 24.8. The summed E-state index contributed by atoms with van der Waals surface area (Å²) in [5.41, 5.74) is -0.826. The number of hydrogen-bond acceptors (Lipinski definition) is 13. The second-order valence-electron chi connectivity index (χ2n) is 11.5. The van der Waals surface area contributed by atoms with Crippen LogP contribution in [0.2, 0.25) is 0 Å². The van der Waals surface area contributed by atoms with Crippen LogP contribution in [-0.4, -0.2) is 83.2 Å². The van der Waals surface area contributed by atoms with Crippen molar-refractivity contribution in [3.63, 3.8) is 0 Å². The quantitative estimate of drug-likeness (QED) is 0.0706. The van der Waals surface area contributed by atoms with Crippen molar-refractivity contribution in [2.24, 2.45) is 0 Å². The molecule has 3 aromatic carbocycles. The van der Waals surface area contributed by atoms with Crippen LogP contribution >= 0.6 is 15.6 Å². The SMILES string of the molecule is COc1ccc(-n2c(C(=O)N(C)C)c(OC(=O)c3cccc(COP(=O)([O-])O)c3)c(OC(=O)c3cccc(COP(=O)([O-])O)c3)c2C(=O)N(C)C)cc1.[Na+].[Na+]. The van der Waals surface area contributed by atoms with E-state index in [1.54, 1.807) is 0 Å². The van der Waals surface area contributed by atoms with Gasteiger partial charge in [0.05, 0.1) is 31.5 Å². The van der Waals surface area contributed by atoms with E-state index >= 15 is 0 Å². The Morgan fingerprint density at radius 3 is 1.38 bits per heavy atom. The topological polar surface area (TPSA) is 247 Å². The predicted molar refractivity (Wildman–Crippen MR) is 180 cm³/mol. The van der Waals surface area contributed by atoms with Gasteiger partial charge >= 0.3 is 71.1 Å². The zero-order valence-electron chi connectivity index (χ0n) is 30.8. The first kappa shape index (κ1) is 48.0. The van der Waals surface area contributed by atoms with E-state index in [9.17, 15) is 38.1 Å². The summed E-state index contributed by atoms with van der Waals surface area (Å²) >= 11 is 0. The Morgan fingerprint density at radius 1 is 0.673 bits per heavy atom. The van der Waals surface area contributed by atoms with Crippen LogP contribution in [0.1, 0.15) is 52.8 Å². The van der Waals surface area contributed by atoms with Crippen LogP contribution in [0.4, 0.5) is 0 Å². The van der Waals surface area contributed by atoms with Crippen molar-refractivity contribution in [2.75, 3.05) is 35.3 Å². The van der Waals surface area contributed by atoms with Gasteiger partial charge in [-0.3, -0.25) is 23.3 Å². The summed E-state index contributed by atoms with van der Waals surface area (Å²) in [6.45, 7) is -1.29. The van der Waals surface area contributed by atoms with Crippen molar-refractivity contribution in [3.05, 3.63) is 106 Å². The number of carbonyl (C=O) groups excluding carboxylic acids is 4. The molecule has 55 heavy (non-hydrogen) atoms. The monoisotopic (exact) mass is 819 g/mol. The molecule has 0 aliphatic heterocycles. The zero-order chi connectivity index (χ0) is 39.2. The molecule has 2 N–H and O–H groups in total. The maximum Gasteiger partial charge on any atom is 1.00 e. The number of nitrogens with zero attached hydrogens (tertiary/aromatic N) is 3. The van der Waals surface area contributed by atoms with Gasteiger partial charge in [-0.1, -0.05) is 24.3 Å². The Morgan fingerprint density at radius 2 is 1.05 bits per heavy atom. The fourth-order valence-corrected chi connectivity index (χ4v) is 5.33. The van der Waals surface area contributed by atoms with Crippen LogP contribution in [0.5, 0.6) is 17.2 Å². The number of rotatable bonds is 14. The van der Waals surface area contributed by atoms with Crippen LogP contribution in [0, 0.1) is 0 Å². The number of phosphoric ester groups is 2. The minimum Gasteiger partial charge on any atom is -0.756 e. The predicted octanol–water partition coefficient (Wildman–Crippen LogP) is -3.71. The molecule has 0 aliphatic rings. The minimum absolute atomic E-state index is 0. The molecule has 0 saturated heterocycles. The van der Waals surface area contributed by atoms with E-state index in [-0.39, 0.29) is 87.1 Å². The molecule has 1 heterocycles. The summed E-state index contributed by atoms with van der Waals surface area (Å²) < 4.78 is 49.1. The molecule has 0 fully saturated rings. The molecule has 2 amide bonds. The molecule has 22 heteroatoms. The van der Waals surface area contributed by atoms with Crippen LogP contribution in [-0.2, 0) is 31.4 Å². The van der Waals surface area contributed by atoms with Gasteiger partial charge in [-0.15, -0.1) is 0 Å². The van der Waals surface area contributed by atoms with Gasteiger partial charge < -0.3 is 52.6 Å². The number of ether oxygens (including phenoxy) is 3. The fraction of sp³-hybridized carbons (Fsp3) is 0.212. The maximum absolute atomic E-state index is 14.0. The Labute approximate surface area is 359 Å². The number of aromatic nitrogens is 1. The molecule has 18 nitrogen and oxygen atoms in total. The zero-order valence-corrected chi connectivity index (χ0v) is 36.6. The van der Waals surface area contributed by atoms with Gasteiger partial charge in [0.1, 0.15) is 5.75 Å². The van der Waals surface area contributed by atoms with E-state index in [0.29, 0.717) is 5.75 Å². The summed E-state index contributed by atoms with van der Waals surface area (Å²) in [6.07, 6.45) is 0. The number of benzene rings is 3. The Balaban J connectivity index is 0.00000523. The normalized spacial score (nSPS) is 12.8. The molecule has 0 radical (unpaired) electrons. The molecule has 0 bridgehead atoms. The third kappa shape index (κ3) is 12.9. The van der Waals surface area contributed by atoms with Crippen molar-refractivity contribution >= 4 is 39.4 Å². The van der Waals surface area contributed by atoms with Crippen LogP contribution in [0.15, 0.2) is 72.8 Å². The van der Waals surface area contributed by atoms with Gasteiger partial charge in [0.25, 0.3) is 27.5 Å². The van der Waals surface area contributed by atoms with Gasteiger partial charge in [-0.2, -0.15) is 0 Å². The largest absolute Gasteiger partial charge is 1.00 e. The molecule has 1 aromatic heterocycles. The summed E-state index contributed by atoms with van der Waals surface area (Å²) in [5, 5.41) is 0. The Kier molecular flexibility index (Phi) is 17.7. The van der Waals surface area contributed by atoms with E-state index in [4.69, 9.17) is 24.0 Å². The van der Waals surface area contributed by atoms with Crippen molar-refractivity contribution in [1.29, 1.82) is 0 Å². The third-order valence-corrected chi connectivity index (χ3v) is 8.05. The third-order valence-electron chi connectivity index (χ3n) is 7.14. The van der Waals surface area contributed by atoms with Crippen molar-refractivity contribution in [2.45, 2.75) is 13.2 Å². The smallest absolute Gasteiger partial charge is 0.756 e. The number of esters is 2. The summed E-state index contributed by atoms with van der Waals surface area (Å²) in [7, 11) is -3.25. The van der Waals surface area contributed by atoms with E-state index < -0.39 is 75.5 Å². The summed E-state index contributed by atoms with van der Waals surface area (Å²) in [4.78, 5) is 98.0. The van der Waals surface area contributed by atoms with Gasteiger partial charge in [0.15, 0.2) is 11.4 Å². The molecule has 0 saturated carbocycles. The van der Waals surface area contributed by atoms with Gasteiger partial charge in [0.2, 0.25) is 11.5 Å². The van der Waals surface area contributed by atoms with Gasteiger partial charge in [-0.25, -0.2) is 9.59 Å². The molecular weight excluding hydrogens is 786 g/mol. The first-order valence-corrected chi connectivity index (χ1v) is 18.1. The molecule has 2 unspecified atom stereocenters. The van der Waals surface area contributed by atoms with Crippen molar-refractivity contribution in [1.82, 2.24) is 14.4 Å². The van der Waals surface area contributed by atoms with E-state index in [1.165, 1.54) is 108 Å². The number of phosphoric acid groups is 2. The fourth-order valence-electron chi connectivity index (χ4n) is 4.71. The van der Waals surface area contributed by atoms with E-state index in [1.807, 2.05) is 0 Å². The number of hydrogen-bond donors (Lipinski definition) is 2. The number of amides is 2. The van der Waals surface area contributed by atoms with Gasteiger partial charge in [0, 0.05) is 33.9 Å². The van der Waals surface area contributed by atoms with Crippen LogP contribution in [0.3, 0.4) is 0 Å². The first-order valence-electron chi connectivity index (χ1n) is 15.1. The average molecular weight is 820 g/mol. The van der Waals surface area contributed by atoms with E-state index in [2.05, 4.69) is 9.05 Å². The van der Waals surface area contributed by atoms with Crippen molar-refractivity contribution in [3.8, 4) is 22.9 Å². The summed E-state index contributed by atoms with van der Waals surface area (Å²) in [6, 6.07) is 16.5.